The molecule has 0 aliphatic heterocycles. The SMILES string of the molecule is CN(C(=S)NC(=O)c1cc(Br)ccc1OCCc1ccccc1)C1CCCCC1. The highest BCUT2D eigenvalue weighted by Crippen LogP contribution is 2.25. The van der Waals surface area contributed by atoms with Gasteiger partial charge in [-0.05, 0) is 48.8 Å². The molecule has 6 heteroatoms. The standard InChI is InChI=1S/C23H27BrN2O2S/c1-26(19-10-6-3-7-11-19)23(29)25-22(27)20-16-18(24)12-13-21(20)28-15-14-17-8-4-2-5-9-17/h2,4-5,8-9,12-13,16,19H,3,6-7,10-11,14-15H2,1H3,(H,25,27,29). The van der Waals surface area contributed by atoms with Crippen molar-refractivity contribution < 1.29 is 9.53 Å². The van der Waals surface area contributed by atoms with E-state index in [1.807, 2.05) is 42.3 Å². The summed E-state index contributed by atoms with van der Waals surface area (Å²) in [4.78, 5) is 15.0. The zero-order chi connectivity index (χ0) is 20.6. The van der Waals surface area contributed by atoms with Gasteiger partial charge < -0.3 is 9.64 Å². The third kappa shape index (κ3) is 6.28. The molecule has 0 atom stereocenters. The Labute approximate surface area is 186 Å². The monoisotopic (exact) mass is 474 g/mol. The van der Waals surface area contributed by atoms with Crippen molar-refractivity contribution in [2.45, 2.75) is 44.6 Å². The summed E-state index contributed by atoms with van der Waals surface area (Å²) in [6, 6.07) is 16.0. The number of amides is 1. The first-order valence-corrected chi connectivity index (χ1v) is 11.3. The number of carbonyl (C=O) groups is 1. The van der Waals surface area contributed by atoms with Crippen molar-refractivity contribution in [3.05, 3.63) is 64.1 Å². The lowest BCUT2D eigenvalue weighted by Gasteiger charge is -2.33. The van der Waals surface area contributed by atoms with E-state index in [-0.39, 0.29) is 5.91 Å². The molecule has 0 radical (unpaired) electrons. The van der Waals surface area contributed by atoms with Gasteiger partial charge in [0.1, 0.15) is 5.75 Å². The highest BCUT2D eigenvalue weighted by molar-refractivity contribution is 9.10. The summed E-state index contributed by atoms with van der Waals surface area (Å²) in [5.41, 5.74) is 1.68. The van der Waals surface area contributed by atoms with Gasteiger partial charge in [-0.15, -0.1) is 0 Å². The van der Waals surface area contributed by atoms with Crippen LogP contribution in [-0.2, 0) is 6.42 Å². The number of benzene rings is 2. The van der Waals surface area contributed by atoms with E-state index in [2.05, 4.69) is 33.4 Å². The quantitative estimate of drug-likeness (QED) is 0.572. The molecule has 2 aromatic rings. The number of rotatable bonds is 6. The molecule has 29 heavy (non-hydrogen) atoms. The van der Waals surface area contributed by atoms with Gasteiger partial charge in [0.2, 0.25) is 0 Å². The first kappa shape index (κ1) is 21.8. The molecule has 1 saturated carbocycles. The summed E-state index contributed by atoms with van der Waals surface area (Å²) in [5.74, 6) is 0.318. The van der Waals surface area contributed by atoms with Gasteiger partial charge in [-0.25, -0.2) is 0 Å². The van der Waals surface area contributed by atoms with Gasteiger partial charge in [0.15, 0.2) is 5.11 Å². The molecule has 1 aliphatic rings. The van der Waals surface area contributed by atoms with Crippen molar-refractivity contribution in [2.24, 2.45) is 0 Å². The van der Waals surface area contributed by atoms with E-state index < -0.39 is 0 Å². The van der Waals surface area contributed by atoms with Gasteiger partial charge in [-0.1, -0.05) is 65.5 Å². The molecule has 0 unspecified atom stereocenters. The molecule has 2 aromatic carbocycles. The molecule has 1 amide bonds. The van der Waals surface area contributed by atoms with Crippen LogP contribution in [0.1, 0.15) is 48.0 Å². The summed E-state index contributed by atoms with van der Waals surface area (Å²) in [7, 11) is 1.97. The Morgan fingerprint density at radius 1 is 1.17 bits per heavy atom. The van der Waals surface area contributed by atoms with E-state index >= 15 is 0 Å². The highest BCUT2D eigenvalue weighted by Gasteiger charge is 2.22. The topological polar surface area (TPSA) is 41.6 Å². The minimum atomic E-state index is -0.242. The van der Waals surface area contributed by atoms with E-state index in [1.165, 1.54) is 24.8 Å². The lowest BCUT2D eigenvalue weighted by molar-refractivity contribution is 0.0968. The van der Waals surface area contributed by atoms with Crippen LogP contribution in [0.5, 0.6) is 5.75 Å². The lowest BCUT2D eigenvalue weighted by atomic mass is 9.95. The number of halogens is 1. The molecule has 0 aromatic heterocycles. The average molecular weight is 475 g/mol. The van der Waals surface area contributed by atoms with Crippen LogP contribution >= 0.6 is 28.1 Å². The number of hydrogen-bond acceptors (Lipinski definition) is 3. The first-order valence-electron chi connectivity index (χ1n) is 10.1. The van der Waals surface area contributed by atoms with Crippen LogP contribution in [-0.4, -0.2) is 35.6 Å². The van der Waals surface area contributed by atoms with E-state index in [0.717, 1.165) is 23.7 Å². The largest absolute Gasteiger partial charge is 0.492 e. The van der Waals surface area contributed by atoms with Crippen LogP contribution < -0.4 is 10.1 Å². The molecular weight excluding hydrogens is 448 g/mol. The number of hydrogen-bond donors (Lipinski definition) is 1. The maximum absolute atomic E-state index is 12.9. The second-order valence-corrected chi connectivity index (χ2v) is 8.69. The Morgan fingerprint density at radius 2 is 1.90 bits per heavy atom. The Kier molecular flexibility index (Phi) is 8.07. The van der Waals surface area contributed by atoms with E-state index in [0.29, 0.717) is 29.1 Å². The fourth-order valence-electron chi connectivity index (χ4n) is 3.62. The van der Waals surface area contributed by atoms with Crippen LogP contribution in [0.2, 0.25) is 0 Å². The van der Waals surface area contributed by atoms with Gasteiger partial charge in [0, 0.05) is 24.0 Å². The zero-order valence-corrected chi connectivity index (χ0v) is 19.1. The Balaban J connectivity index is 1.62. The Bertz CT molecular complexity index is 838. The van der Waals surface area contributed by atoms with Crippen LogP contribution in [0.4, 0.5) is 0 Å². The number of ether oxygens (including phenoxy) is 1. The highest BCUT2D eigenvalue weighted by atomic mass is 79.9. The number of carbonyl (C=O) groups excluding carboxylic acids is 1. The predicted molar refractivity (Wildman–Crippen MR) is 124 cm³/mol. The first-order chi connectivity index (χ1) is 14.0. The van der Waals surface area contributed by atoms with Crippen molar-refractivity contribution in [1.29, 1.82) is 0 Å². The summed E-state index contributed by atoms with van der Waals surface area (Å²) in [6.07, 6.45) is 6.74. The molecule has 0 bridgehead atoms. The average Bonchev–Trinajstić information content (AvgIpc) is 2.75. The predicted octanol–water partition coefficient (Wildman–Crippen LogP) is 5.35. The molecule has 154 valence electrons. The Morgan fingerprint density at radius 3 is 2.62 bits per heavy atom. The van der Waals surface area contributed by atoms with Crippen molar-refractivity contribution in [3.8, 4) is 5.75 Å². The minimum Gasteiger partial charge on any atom is -0.492 e. The van der Waals surface area contributed by atoms with Crippen molar-refractivity contribution in [3.63, 3.8) is 0 Å². The maximum atomic E-state index is 12.9. The smallest absolute Gasteiger partial charge is 0.261 e. The van der Waals surface area contributed by atoms with E-state index in [4.69, 9.17) is 17.0 Å². The summed E-state index contributed by atoms with van der Waals surface area (Å²) in [5, 5.41) is 3.36. The number of nitrogens with zero attached hydrogens (tertiary/aromatic N) is 1. The van der Waals surface area contributed by atoms with Crippen LogP contribution in [0.25, 0.3) is 0 Å². The molecule has 0 heterocycles. The van der Waals surface area contributed by atoms with Gasteiger partial charge in [-0.2, -0.15) is 0 Å². The van der Waals surface area contributed by atoms with E-state index in [1.54, 1.807) is 6.07 Å². The van der Waals surface area contributed by atoms with Crippen molar-refractivity contribution in [1.82, 2.24) is 10.2 Å². The molecule has 3 rings (SSSR count). The van der Waals surface area contributed by atoms with Crippen LogP contribution in [0, 0.1) is 0 Å². The third-order valence-corrected chi connectivity index (χ3v) is 6.22. The molecule has 1 aliphatic carbocycles. The summed E-state index contributed by atoms with van der Waals surface area (Å²) in [6.45, 7) is 0.498. The molecule has 1 N–H and O–H groups in total. The molecular formula is C23H27BrN2O2S. The third-order valence-electron chi connectivity index (χ3n) is 5.34. The zero-order valence-electron chi connectivity index (χ0n) is 16.7. The second kappa shape index (κ2) is 10.7. The van der Waals surface area contributed by atoms with Gasteiger partial charge in [-0.3, -0.25) is 10.1 Å². The molecule has 0 spiro atoms. The minimum absolute atomic E-state index is 0.242. The molecule has 1 fully saturated rings. The number of nitrogens with one attached hydrogen (secondary N) is 1. The summed E-state index contributed by atoms with van der Waals surface area (Å²) < 4.78 is 6.76. The second-order valence-electron chi connectivity index (χ2n) is 7.39. The normalized spacial score (nSPS) is 14.3. The molecule has 0 saturated heterocycles. The molecule has 4 nitrogen and oxygen atoms in total. The van der Waals surface area contributed by atoms with E-state index in [9.17, 15) is 4.79 Å². The maximum Gasteiger partial charge on any atom is 0.261 e. The van der Waals surface area contributed by atoms with Gasteiger partial charge in [0.05, 0.1) is 12.2 Å². The summed E-state index contributed by atoms with van der Waals surface area (Å²) >= 11 is 8.95. The fraction of sp³-hybridized carbons (Fsp3) is 0.391. The Hall–Kier alpha value is -1.92. The van der Waals surface area contributed by atoms with Crippen LogP contribution in [0.3, 0.4) is 0 Å². The lowest BCUT2D eigenvalue weighted by Crippen LogP contribution is -2.46. The van der Waals surface area contributed by atoms with Crippen LogP contribution in [0.15, 0.2) is 53.0 Å². The fourth-order valence-corrected chi connectivity index (χ4v) is 4.22. The van der Waals surface area contributed by atoms with Crippen molar-refractivity contribution >= 4 is 39.2 Å². The number of thiocarbonyl (C=S) groups is 1. The van der Waals surface area contributed by atoms with Crippen molar-refractivity contribution in [2.75, 3.05) is 13.7 Å². The van der Waals surface area contributed by atoms with Gasteiger partial charge >= 0.3 is 0 Å². The van der Waals surface area contributed by atoms with Gasteiger partial charge in [0.25, 0.3) is 5.91 Å².